The fourth-order valence-corrected chi connectivity index (χ4v) is 4.39. The average molecular weight is 345 g/mol. The van der Waals surface area contributed by atoms with E-state index in [0.717, 1.165) is 25.7 Å². The molecule has 2 saturated carbocycles. The number of amides is 1. The molecule has 5 heteroatoms. The lowest BCUT2D eigenvalue weighted by atomic mass is 9.88. The molecule has 1 amide bonds. The van der Waals surface area contributed by atoms with Gasteiger partial charge in [-0.15, -0.1) is 0 Å². The van der Waals surface area contributed by atoms with E-state index < -0.39 is 5.54 Å². The fourth-order valence-electron chi connectivity index (χ4n) is 4.39. The van der Waals surface area contributed by atoms with Crippen LogP contribution in [0.25, 0.3) is 0 Å². The monoisotopic (exact) mass is 345 g/mol. The van der Waals surface area contributed by atoms with Crippen molar-refractivity contribution in [2.75, 3.05) is 0 Å². The van der Waals surface area contributed by atoms with Crippen LogP contribution in [0.1, 0.15) is 77.9 Å². The topological polar surface area (TPSA) is 68.0 Å². The molecule has 0 aliphatic heterocycles. The van der Waals surface area contributed by atoms with Crippen molar-refractivity contribution >= 4 is 5.91 Å². The minimum absolute atomic E-state index is 0.0143. The van der Waals surface area contributed by atoms with Gasteiger partial charge in [-0.1, -0.05) is 56.3 Å². The molecule has 3 rings (SSSR count). The number of rotatable bonds is 4. The van der Waals surface area contributed by atoms with Crippen molar-refractivity contribution in [2.24, 2.45) is 17.3 Å². The third kappa shape index (κ3) is 3.51. The first-order valence-electron chi connectivity index (χ1n) is 9.54. The number of aryl methyl sites for hydroxylation is 1. The molecule has 0 bridgehead atoms. The van der Waals surface area contributed by atoms with Crippen LogP contribution in [0.4, 0.5) is 0 Å². The summed E-state index contributed by atoms with van der Waals surface area (Å²) in [5.41, 5.74) is 0.811. The Hall–Kier alpha value is -1.65. The minimum atomic E-state index is -0.473. The van der Waals surface area contributed by atoms with E-state index in [4.69, 9.17) is 4.52 Å². The number of nitrogens with zero attached hydrogens (tertiary/aromatic N) is 2. The molecule has 1 heterocycles. The van der Waals surface area contributed by atoms with Crippen LogP contribution in [-0.4, -0.2) is 16.0 Å². The molecule has 2 fully saturated rings. The predicted molar refractivity (Wildman–Crippen MR) is 96.7 cm³/mol. The van der Waals surface area contributed by atoms with Crippen molar-refractivity contribution in [1.82, 2.24) is 15.5 Å². The highest BCUT2D eigenvalue weighted by Gasteiger charge is 2.61. The van der Waals surface area contributed by atoms with E-state index in [-0.39, 0.29) is 17.2 Å². The van der Waals surface area contributed by atoms with Crippen LogP contribution < -0.4 is 5.32 Å². The lowest BCUT2D eigenvalue weighted by Gasteiger charge is -2.31. The molecule has 0 saturated heterocycles. The van der Waals surface area contributed by atoms with Crippen LogP contribution in [0.3, 0.4) is 0 Å². The van der Waals surface area contributed by atoms with Crippen LogP contribution in [-0.2, 0) is 10.3 Å². The first kappa shape index (κ1) is 18.2. The maximum Gasteiger partial charge on any atom is 0.225 e. The smallest absolute Gasteiger partial charge is 0.225 e. The summed E-state index contributed by atoms with van der Waals surface area (Å²) in [6.07, 6.45) is 8.57. The molecule has 5 nitrogen and oxygen atoms in total. The van der Waals surface area contributed by atoms with Gasteiger partial charge in [-0.3, -0.25) is 4.79 Å². The summed E-state index contributed by atoms with van der Waals surface area (Å²) >= 11 is 0. The number of carbonyl (C=O) groups excluding carboxylic acids is 1. The Bertz CT molecular complexity index is 662. The third-order valence-electron chi connectivity index (χ3n) is 5.98. The van der Waals surface area contributed by atoms with Gasteiger partial charge in [-0.2, -0.15) is 4.98 Å². The van der Waals surface area contributed by atoms with E-state index in [1.807, 2.05) is 0 Å². The van der Waals surface area contributed by atoms with Crippen LogP contribution in [0.2, 0.25) is 0 Å². The summed E-state index contributed by atoms with van der Waals surface area (Å²) in [4.78, 5) is 17.6. The first-order chi connectivity index (χ1) is 11.8. The van der Waals surface area contributed by atoms with Crippen molar-refractivity contribution in [3.05, 3.63) is 23.4 Å². The SMILES string of the molecule is CC(C)=C[C@@H]1[C@@H](C(=O)NC2(c3noc(C)n3)CCCCCC2)C1(C)C. The molecule has 25 heavy (non-hydrogen) atoms. The number of allylic oxidation sites excluding steroid dienone is 2. The molecule has 2 aliphatic carbocycles. The van der Waals surface area contributed by atoms with Crippen LogP contribution in [0, 0.1) is 24.2 Å². The average Bonchev–Trinajstić information content (AvgIpc) is 2.90. The largest absolute Gasteiger partial charge is 0.343 e. The van der Waals surface area contributed by atoms with Crippen molar-refractivity contribution in [3.8, 4) is 0 Å². The van der Waals surface area contributed by atoms with E-state index in [2.05, 4.69) is 49.2 Å². The van der Waals surface area contributed by atoms with Gasteiger partial charge in [0.05, 0.1) is 5.92 Å². The predicted octanol–water partition coefficient (Wildman–Crippen LogP) is 4.28. The number of hydrogen-bond donors (Lipinski definition) is 1. The summed E-state index contributed by atoms with van der Waals surface area (Å²) < 4.78 is 5.23. The highest BCUT2D eigenvalue weighted by molar-refractivity contribution is 5.84. The lowest BCUT2D eigenvalue weighted by Crippen LogP contribution is -2.47. The molecule has 2 atom stereocenters. The van der Waals surface area contributed by atoms with E-state index >= 15 is 0 Å². The molecule has 0 aromatic carbocycles. The van der Waals surface area contributed by atoms with Gasteiger partial charge >= 0.3 is 0 Å². The molecule has 0 radical (unpaired) electrons. The van der Waals surface area contributed by atoms with Crippen molar-refractivity contribution in [1.29, 1.82) is 0 Å². The Morgan fingerprint density at radius 1 is 1.20 bits per heavy atom. The zero-order chi connectivity index (χ0) is 18.2. The lowest BCUT2D eigenvalue weighted by molar-refractivity contribution is -0.125. The van der Waals surface area contributed by atoms with E-state index in [9.17, 15) is 4.79 Å². The zero-order valence-electron chi connectivity index (χ0n) is 16.2. The molecule has 138 valence electrons. The molecule has 2 aliphatic rings. The highest BCUT2D eigenvalue weighted by Crippen LogP contribution is 2.59. The van der Waals surface area contributed by atoms with Crippen LogP contribution in [0.15, 0.2) is 16.2 Å². The summed E-state index contributed by atoms with van der Waals surface area (Å²) in [5, 5.41) is 7.55. The van der Waals surface area contributed by atoms with E-state index in [0.29, 0.717) is 17.6 Å². The quantitative estimate of drug-likeness (QED) is 0.653. The highest BCUT2D eigenvalue weighted by atomic mass is 16.5. The maximum atomic E-state index is 13.2. The number of hydrogen-bond acceptors (Lipinski definition) is 4. The fraction of sp³-hybridized carbons (Fsp3) is 0.750. The maximum absolute atomic E-state index is 13.2. The van der Waals surface area contributed by atoms with Gasteiger partial charge < -0.3 is 9.84 Å². The number of carbonyl (C=O) groups is 1. The van der Waals surface area contributed by atoms with Crippen LogP contribution >= 0.6 is 0 Å². The Kier molecular flexibility index (Phi) is 4.78. The molecular formula is C20H31N3O2. The molecule has 1 N–H and O–H groups in total. The molecular weight excluding hydrogens is 314 g/mol. The minimum Gasteiger partial charge on any atom is -0.343 e. The van der Waals surface area contributed by atoms with Gasteiger partial charge in [-0.25, -0.2) is 0 Å². The van der Waals surface area contributed by atoms with E-state index in [1.165, 1.54) is 18.4 Å². The summed E-state index contributed by atoms with van der Waals surface area (Å²) in [6.45, 7) is 10.4. The Labute approximate surface area is 150 Å². The van der Waals surface area contributed by atoms with Crippen molar-refractivity contribution < 1.29 is 9.32 Å². The number of aromatic nitrogens is 2. The first-order valence-corrected chi connectivity index (χ1v) is 9.54. The molecule has 1 aromatic rings. The number of nitrogens with one attached hydrogen (secondary N) is 1. The third-order valence-corrected chi connectivity index (χ3v) is 5.98. The van der Waals surface area contributed by atoms with Crippen molar-refractivity contribution in [2.45, 2.75) is 78.7 Å². The van der Waals surface area contributed by atoms with Gasteiger partial charge in [0.1, 0.15) is 5.54 Å². The molecule has 0 spiro atoms. The second-order valence-corrected chi connectivity index (χ2v) is 8.69. The summed E-state index contributed by atoms with van der Waals surface area (Å²) in [5.74, 6) is 1.68. The second-order valence-electron chi connectivity index (χ2n) is 8.69. The Balaban J connectivity index is 1.84. The molecule has 1 aromatic heterocycles. The van der Waals surface area contributed by atoms with Crippen LogP contribution in [0.5, 0.6) is 0 Å². The van der Waals surface area contributed by atoms with Crippen molar-refractivity contribution in [3.63, 3.8) is 0 Å². The van der Waals surface area contributed by atoms with Gasteiger partial charge in [-0.05, 0) is 38.0 Å². The van der Waals surface area contributed by atoms with E-state index in [1.54, 1.807) is 6.92 Å². The van der Waals surface area contributed by atoms with Gasteiger partial charge in [0.15, 0.2) is 5.82 Å². The van der Waals surface area contributed by atoms with Gasteiger partial charge in [0.2, 0.25) is 11.8 Å². The van der Waals surface area contributed by atoms with Gasteiger partial charge in [0.25, 0.3) is 0 Å². The van der Waals surface area contributed by atoms with Gasteiger partial charge in [0, 0.05) is 6.92 Å². The standard InChI is InChI=1S/C20H31N3O2/c1-13(2)12-15-16(19(15,4)5)17(24)22-20(10-8-6-7-9-11-20)18-21-14(3)25-23-18/h12,15-16H,6-11H2,1-5H3,(H,22,24)/t15-,16+/m1/s1. The Morgan fingerprint density at radius 3 is 2.36 bits per heavy atom. The second kappa shape index (κ2) is 6.58. The zero-order valence-corrected chi connectivity index (χ0v) is 16.2. The normalized spacial score (nSPS) is 27.2. The summed E-state index contributed by atoms with van der Waals surface area (Å²) in [6, 6.07) is 0. The Morgan fingerprint density at radius 2 is 1.84 bits per heavy atom. The molecule has 0 unspecified atom stereocenters. The summed E-state index contributed by atoms with van der Waals surface area (Å²) in [7, 11) is 0.